The molecule has 0 aliphatic rings. The van der Waals surface area contributed by atoms with Crippen LogP contribution < -0.4 is 17.6 Å². The zero-order chi connectivity index (χ0) is 14.0. The SMILES string of the molecule is N.NCCC[C@H](N)C(=O)O.O=Cc1ccc(O)cc1. The summed E-state index contributed by atoms with van der Waals surface area (Å²) in [5.74, 6) is -0.774. The van der Waals surface area contributed by atoms with Crippen LogP contribution in [-0.4, -0.2) is 35.1 Å². The van der Waals surface area contributed by atoms with E-state index in [1.165, 1.54) is 12.1 Å². The van der Waals surface area contributed by atoms with Gasteiger partial charge in [-0.1, -0.05) is 0 Å². The van der Waals surface area contributed by atoms with Gasteiger partial charge in [0.05, 0.1) is 0 Å². The fourth-order valence-electron chi connectivity index (χ4n) is 1.01. The summed E-state index contributed by atoms with van der Waals surface area (Å²) in [6.07, 6.45) is 1.87. The fraction of sp³-hybridized carbons (Fsp3) is 0.333. The molecule has 0 saturated heterocycles. The van der Waals surface area contributed by atoms with E-state index in [0.29, 0.717) is 24.9 Å². The first kappa shape index (κ1) is 19.4. The maximum atomic E-state index is 10.0. The minimum Gasteiger partial charge on any atom is -0.508 e. The molecule has 108 valence electrons. The first-order chi connectivity index (χ1) is 8.51. The quantitative estimate of drug-likeness (QED) is 0.487. The molecule has 0 aromatic heterocycles. The first-order valence-electron chi connectivity index (χ1n) is 5.44. The van der Waals surface area contributed by atoms with Gasteiger partial charge in [0.15, 0.2) is 0 Å². The molecule has 1 aromatic rings. The predicted molar refractivity (Wildman–Crippen MR) is 72.4 cm³/mol. The molecule has 0 fully saturated rings. The summed E-state index contributed by atoms with van der Waals surface area (Å²) in [5, 5.41) is 17.0. The Kier molecular flexibility index (Phi) is 11.4. The topological polar surface area (TPSA) is 162 Å². The van der Waals surface area contributed by atoms with Crippen LogP contribution >= 0.6 is 0 Å². The number of aliphatic carboxylic acids is 1. The van der Waals surface area contributed by atoms with Crippen molar-refractivity contribution in [1.29, 1.82) is 0 Å². The number of carboxylic acid groups (broad SMARTS) is 1. The number of aromatic hydroxyl groups is 1. The predicted octanol–water partition coefficient (Wildman–Crippen LogP) is 0.504. The standard InChI is InChI=1S/C7H6O2.C5H12N2O2.H3N/c8-5-6-1-3-7(9)4-2-6;6-3-1-2-4(7)5(8)9;/h1-5,9H;4H,1-3,6-7H2,(H,8,9);1H3/t;4-;/m.0./s1. The number of phenolic OH excluding ortho intramolecular Hbond substituents is 1. The molecule has 9 N–H and O–H groups in total. The van der Waals surface area contributed by atoms with Crippen LogP contribution in [0.5, 0.6) is 5.75 Å². The van der Waals surface area contributed by atoms with Crippen molar-refractivity contribution < 1.29 is 19.8 Å². The molecule has 1 rings (SSSR count). The molecule has 0 unspecified atom stereocenters. The van der Waals surface area contributed by atoms with E-state index in [9.17, 15) is 9.59 Å². The average Bonchev–Trinajstić information content (AvgIpc) is 2.37. The van der Waals surface area contributed by atoms with Crippen LogP contribution in [0.15, 0.2) is 24.3 Å². The Labute approximate surface area is 111 Å². The summed E-state index contributed by atoms with van der Waals surface area (Å²) in [6.45, 7) is 0.501. The molecule has 0 bridgehead atoms. The Bertz CT molecular complexity index is 368. The monoisotopic (exact) mass is 271 g/mol. The average molecular weight is 271 g/mol. The molecule has 7 heteroatoms. The third-order valence-corrected chi connectivity index (χ3v) is 2.07. The second-order valence-electron chi connectivity index (χ2n) is 3.59. The second kappa shape index (κ2) is 11.1. The van der Waals surface area contributed by atoms with E-state index in [1.54, 1.807) is 12.1 Å². The van der Waals surface area contributed by atoms with Crippen molar-refractivity contribution in [2.24, 2.45) is 11.5 Å². The molecular weight excluding hydrogens is 250 g/mol. The highest BCUT2D eigenvalue weighted by atomic mass is 16.4. The van der Waals surface area contributed by atoms with Crippen molar-refractivity contribution >= 4 is 12.3 Å². The molecule has 1 atom stereocenters. The number of aldehydes is 1. The highest BCUT2D eigenvalue weighted by Gasteiger charge is 2.08. The molecule has 0 aliphatic heterocycles. The minimum absolute atomic E-state index is 0. The molecule has 0 heterocycles. The van der Waals surface area contributed by atoms with Gasteiger partial charge in [0.1, 0.15) is 18.1 Å². The van der Waals surface area contributed by atoms with Gasteiger partial charge >= 0.3 is 5.97 Å². The lowest BCUT2D eigenvalue weighted by Crippen LogP contribution is -2.30. The number of carbonyl (C=O) groups excluding carboxylic acids is 1. The van der Waals surface area contributed by atoms with E-state index in [0.717, 1.165) is 6.29 Å². The number of rotatable bonds is 5. The highest BCUT2D eigenvalue weighted by molar-refractivity contribution is 5.74. The number of hydrogen-bond donors (Lipinski definition) is 5. The molecule has 1 aromatic carbocycles. The third kappa shape index (κ3) is 9.72. The number of benzene rings is 1. The van der Waals surface area contributed by atoms with E-state index >= 15 is 0 Å². The minimum atomic E-state index is -0.955. The summed E-state index contributed by atoms with van der Waals surface area (Å²) in [6, 6.07) is 5.33. The van der Waals surface area contributed by atoms with E-state index in [2.05, 4.69) is 0 Å². The maximum Gasteiger partial charge on any atom is 0.320 e. The molecular formula is C12H21N3O4. The van der Waals surface area contributed by atoms with Crippen molar-refractivity contribution in [3.05, 3.63) is 29.8 Å². The van der Waals surface area contributed by atoms with Crippen molar-refractivity contribution in [2.45, 2.75) is 18.9 Å². The Morgan fingerprint density at radius 3 is 2.21 bits per heavy atom. The second-order valence-corrected chi connectivity index (χ2v) is 3.59. The van der Waals surface area contributed by atoms with Crippen molar-refractivity contribution in [2.75, 3.05) is 6.54 Å². The summed E-state index contributed by atoms with van der Waals surface area (Å²) >= 11 is 0. The van der Waals surface area contributed by atoms with Crippen LogP contribution in [0.3, 0.4) is 0 Å². The number of phenols is 1. The Morgan fingerprint density at radius 2 is 1.84 bits per heavy atom. The Balaban J connectivity index is 0. The van der Waals surface area contributed by atoms with Crippen LogP contribution in [0.2, 0.25) is 0 Å². The summed E-state index contributed by atoms with van der Waals surface area (Å²) < 4.78 is 0. The van der Waals surface area contributed by atoms with Crippen LogP contribution in [0.1, 0.15) is 23.2 Å². The lowest BCUT2D eigenvalue weighted by molar-refractivity contribution is -0.138. The van der Waals surface area contributed by atoms with Gasteiger partial charge in [0, 0.05) is 5.56 Å². The summed E-state index contributed by atoms with van der Waals surface area (Å²) in [5.41, 5.74) is 10.9. The van der Waals surface area contributed by atoms with Crippen molar-refractivity contribution in [3.63, 3.8) is 0 Å². The lowest BCUT2D eigenvalue weighted by atomic mass is 10.2. The van der Waals surface area contributed by atoms with Crippen LogP contribution in [0.4, 0.5) is 0 Å². The molecule has 0 aliphatic carbocycles. The number of carboxylic acids is 1. The highest BCUT2D eigenvalue weighted by Crippen LogP contribution is 2.07. The normalized spacial score (nSPS) is 10.4. The Morgan fingerprint density at radius 1 is 1.32 bits per heavy atom. The van der Waals surface area contributed by atoms with Gasteiger partial charge in [-0.15, -0.1) is 0 Å². The molecule has 0 saturated carbocycles. The maximum absolute atomic E-state index is 10.0. The van der Waals surface area contributed by atoms with Gasteiger partial charge < -0.3 is 27.8 Å². The molecule has 19 heavy (non-hydrogen) atoms. The fourth-order valence-corrected chi connectivity index (χ4v) is 1.01. The van der Waals surface area contributed by atoms with Gasteiger partial charge in [0.25, 0.3) is 0 Å². The van der Waals surface area contributed by atoms with Crippen LogP contribution in [0.25, 0.3) is 0 Å². The van der Waals surface area contributed by atoms with Crippen LogP contribution in [-0.2, 0) is 4.79 Å². The summed E-state index contributed by atoms with van der Waals surface area (Å²) in [4.78, 5) is 20.1. The number of hydrogen-bond acceptors (Lipinski definition) is 6. The third-order valence-electron chi connectivity index (χ3n) is 2.07. The smallest absolute Gasteiger partial charge is 0.320 e. The van der Waals surface area contributed by atoms with Crippen molar-refractivity contribution in [3.8, 4) is 5.75 Å². The van der Waals surface area contributed by atoms with Crippen LogP contribution in [0, 0.1) is 0 Å². The molecule has 0 spiro atoms. The zero-order valence-electron chi connectivity index (χ0n) is 10.7. The van der Waals surface area contributed by atoms with Gasteiger partial charge in [-0.05, 0) is 43.7 Å². The Hall–Kier alpha value is -1.96. The zero-order valence-corrected chi connectivity index (χ0v) is 10.7. The van der Waals surface area contributed by atoms with E-state index in [1.807, 2.05) is 0 Å². The first-order valence-corrected chi connectivity index (χ1v) is 5.44. The molecule has 7 nitrogen and oxygen atoms in total. The molecule has 0 radical (unpaired) electrons. The van der Waals surface area contributed by atoms with Gasteiger partial charge in [-0.3, -0.25) is 9.59 Å². The van der Waals surface area contributed by atoms with Crippen molar-refractivity contribution in [1.82, 2.24) is 6.15 Å². The van der Waals surface area contributed by atoms with Gasteiger partial charge in [0.2, 0.25) is 0 Å². The largest absolute Gasteiger partial charge is 0.508 e. The van der Waals surface area contributed by atoms with E-state index < -0.39 is 12.0 Å². The number of carbonyl (C=O) groups is 2. The number of nitrogens with two attached hydrogens (primary N) is 2. The molecule has 0 amide bonds. The van der Waals surface area contributed by atoms with Gasteiger partial charge in [-0.2, -0.15) is 0 Å². The lowest BCUT2D eigenvalue weighted by Gasteiger charge is -2.02. The van der Waals surface area contributed by atoms with E-state index in [4.69, 9.17) is 21.7 Å². The van der Waals surface area contributed by atoms with Gasteiger partial charge in [-0.25, -0.2) is 0 Å². The summed E-state index contributed by atoms with van der Waals surface area (Å²) in [7, 11) is 0. The van der Waals surface area contributed by atoms with E-state index in [-0.39, 0.29) is 11.9 Å².